The maximum absolute atomic E-state index is 10.2. The van der Waals surface area contributed by atoms with Crippen molar-refractivity contribution in [2.75, 3.05) is 0 Å². The van der Waals surface area contributed by atoms with E-state index in [9.17, 15) is 4.79 Å². The Morgan fingerprint density at radius 2 is 2.00 bits per heavy atom. The van der Waals surface area contributed by atoms with Gasteiger partial charge in [-0.05, 0) is 24.8 Å². The van der Waals surface area contributed by atoms with Crippen molar-refractivity contribution in [2.24, 2.45) is 5.73 Å². The van der Waals surface area contributed by atoms with Crippen molar-refractivity contribution in [1.29, 1.82) is 0 Å². The molecular formula is C11H15NO. The lowest BCUT2D eigenvalue weighted by Gasteiger charge is -2.03. The van der Waals surface area contributed by atoms with Gasteiger partial charge in [0.1, 0.15) is 6.29 Å². The van der Waals surface area contributed by atoms with Crippen molar-refractivity contribution < 1.29 is 4.79 Å². The predicted octanol–water partition coefficient (Wildman–Crippen LogP) is 1.54. The summed E-state index contributed by atoms with van der Waals surface area (Å²) in [6.07, 6.45) is 3.57. The standard InChI is InChI=1S/C11H15NO/c12-11(9-13)8-4-7-10-5-2-1-3-6-10/h1-3,5-6,9,11H,4,7-8,12H2/t11-/m0/s1. The molecule has 0 radical (unpaired) electrons. The van der Waals surface area contributed by atoms with Crippen molar-refractivity contribution in [3.8, 4) is 0 Å². The summed E-state index contributed by atoms with van der Waals surface area (Å²) < 4.78 is 0. The summed E-state index contributed by atoms with van der Waals surface area (Å²) in [6, 6.07) is 9.94. The molecule has 0 aliphatic heterocycles. The van der Waals surface area contributed by atoms with Gasteiger partial charge in [0.15, 0.2) is 0 Å². The molecule has 0 heterocycles. The van der Waals surface area contributed by atoms with Crippen molar-refractivity contribution in [2.45, 2.75) is 25.3 Å². The number of carbonyl (C=O) groups is 1. The highest BCUT2D eigenvalue weighted by atomic mass is 16.1. The van der Waals surface area contributed by atoms with Crippen LogP contribution in [0.3, 0.4) is 0 Å². The number of rotatable bonds is 5. The van der Waals surface area contributed by atoms with Gasteiger partial charge in [0.25, 0.3) is 0 Å². The fourth-order valence-electron chi connectivity index (χ4n) is 1.25. The van der Waals surface area contributed by atoms with Crippen LogP contribution in [0, 0.1) is 0 Å². The Balaban J connectivity index is 2.24. The molecular weight excluding hydrogens is 162 g/mol. The van der Waals surface area contributed by atoms with Crippen LogP contribution in [0.25, 0.3) is 0 Å². The Morgan fingerprint density at radius 1 is 1.31 bits per heavy atom. The van der Waals surface area contributed by atoms with Crippen LogP contribution < -0.4 is 5.73 Å². The van der Waals surface area contributed by atoms with Gasteiger partial charge in [-0.1, -0.05) is 30.3 Å². The van der Waals surface area contributed by atoms with Gasteiger partial charge in [0, 0.05) is 0 Å². The molecule has 70 valence electrons. The van der Waals surface area contributed by atoms with Gasteiger partial charge in [-0.2, -0.15) is 0 Å². The number of benzene rings is 1. The molecule has 1 rings (SSSR count). The minimum atomic E-state index is -0.288. The van der Waals surface area contributed by atoms with Crippen LogP contribution in [0.4, 0.5) is 0 Å². The van der Waals surface area contributed by atoms with Gasteiger partial charge in [-0.15, -0.1) is 0 Å². The van der Waals surface area contributed by atoms with Crippen molar-refractivity contribution in [3.63, 3.8) is 0 Å². The maximum Gasteiger partial charge on any atom is 0.136 e. The minimum absolute atomic E-state index is 0.288. The monoisotopic (exact) mass is 177 g/mol. The van der Waals surface area contributed by atoms with Crippen LogP contribution in [0.15, 0.2) is 30.3 Å². The van der Waals surface area contributed by atoms with E-state index in [0.29, 0.717) is 0 Å². The second kappa shape index (κ2) is 5.49. The lowest BCUT2D eigenvalue weighted by atomic mass is 10.1. The Labute approximate surface area is 78.8 Å². The summed E-state index contributed by atoms with van der Waals surface area (Å²) in [5, 5.41) is 0. The predicted molar refractivity (Wildman–Crippen MR) is 53.4 cm³/mol. The molecule has 0 amide bonds. The van der Waals surface area contributed by atoms with Gasteiger partial charge in [-0.25, -0.2) is 0 Å². The summed E-state index contributed by atoms with van der Waals surface area (Å²) in [5.41, 5.74) is 6.78. The summed E-state index contributed by atoms with van der Waals surface area (Å²) in [7, 11) is 0. The number of hydrogen-bond donors (Lipinski definition) is 1. The topological polar surface area (TPSA) is 43.1 Å². The third-order valence-electron chi connectivity index (χ3n) is 2.02. The first kappa shape index (κ1) is 9.93. The van der Waals surface area contributed by atoms with E-state index in [1.165, 1.54) is 5.56 Å². The molecule has 0 fully saturated rings. The zero-order valence-electron chi connectivity index (χ0n) is 7.65. The van der Waals surface area contributed by atoms with Gasteiger partial charge in [0.05, 0.1) is 6.04 Å². The molecule has 0 aliphatic rings. The number of aryl methyl sites for hydroxylation is 1. The summed E-state index contributed by atoms with van der Waals surface area (Å²) in [6.45, 7) is 0. The van der Waals surface area contributed by atoms with Crippen LogP contribution in [0.1, 0.15) is 18.4 Å². The smallest absolute Gasteiger partial charge is 0.136 e. The second-order valence-electron chi connectivity index (χ2n) is 3.18. The molecule has 1 atom stereocenters. The highest BCUT2D eigenvalue weighted by Gasteiger charge is 1.99. The third kappa shape index (κ3) is 3.85. The van der Waals surface area contributed by atoms with Gasteiger partial charge < -0.3 is 10.5 Å². The lowest BCUT2D eigenvalue weighted by molar-refractivity contribution is -0.109. The van der Waals surface area contributed by atoms with E-state index in [2.05, 4.69) is 12.1 Å². The molecule has 0 bridgehead atoms. The number of nitrogens with two attached hydrogens (primary N) is 1. The van der Waals surface area contributed by atoms with E-state index in [1.807, 2.05) is 18.2 Å². The Hall–Kier alpha value is -1.15. The van der Waals surface area contributed by atoms with Gasteiger partial charge in [0.2, 0.25) is 0 Å². The molecule has 2 nitrogen and oxygen atoms in total. The first-order valence-electron chi connectivity index (χ1n) is 4.57. The van der Waals surface area contributed by atoms with E-state index >= 15 is 0 Å². The zero-order chi connectivity index (χ0) is 9.52. The molecule has 0 unspecified atom stereocenters. The summed E-state index contributed by atoms with van der Waals surface area (Å²) >= 11 is 0. The summed E-state index contributed by atoms with van der Waals surface area (Å²) in [4.78, 5) is 10.2. The molecule has 0 saturated carbocycles. The number of hydrogen-bond acceptors (Lipinski definition) is 2. The molecule has 0 aromatic heterocycles. The molecule has 2 N–H and O–H groups in total. The maximum atomic E-state index is 10.2. The highest BCUT2D eigenvalue weighted by Crippen LogP contribution is 2.04. The largest absolute Gasteiger partial charge is 0.322 e. The molecule has 1 aromatic carbocycles. The fourth-order valence-corrected chi connectivity index (χ4v) is 1.25. The van der Waals surface area contributed by atoms with Gasteiger partial charge >= 0.3 is 0 Å². The van der Waals surface area contributed by atoms with Crippen LogP contribution in [-0.4, -0.2) is 12.3 Å². The Bertz CT molecular complexity index is 246. The second-order valence-corrected chi connectivity index (χ2v) is 3.18. The average molecular weight is 177 g/mol. The fraction of sp³-hybridized carbons (Fsp3) is 0.364. The van der Waals surface area contributed by atoms with E-state index in [4.69, 9.17) is 5.73 Å². The number of carbonyl (C=O) groups excluding carboxylic acids is 1. The van der Waals surface area contributed by atoms with E-state index in [0.717, 1.165) is 25.5 Å². The zero-order valence-corrected chi connectivity index (χ0v) is 7.65. The first-order chi connectivity index (χ1) is 6.33. The van der Waals surface area contributed by atoms with Crippen LogP contribution in [-0.2, 0) is 11.2 Å². The lowest BCUT2D eigenvalue weighted by Crippen LogP contribution is -2.21. The Morgan fingerprint density at radius 3 is 2.62 bits per heavy atom. The third-order valence-corrected chi connectivity index (χ3v) is 2.02. The van der Waals surface area contributed by atoms with Gasteiger partial charge in [-0.3, -0.25) is 0 Å². The Kier molecular flexibility index (Phi) is 4.19. The molecule has 0 spiro atoms. The molecule has 2 heteroatoms. The van der Waals surface area contributed by atoms with Crippen molar-refractivity contribution in [3.05, 3.63) is 35.9 Å². The molecule has 1 aromatic rings. The molecule has 13 heavy (non-hydrogen) atoms. The normalized spacial score (nSPS) is 12.4. The first-order valence-corrected chi connectivity index (χ1v) is 4.57. The summed E-state index contributed by atoms with van der Waals surface area (Å²) in [5.74, 6) is 0. The van der Waals surface area contributed by atoms with Crippen LogP contribution >= 0.6 is 0 Å². The van der Waals surface area contributed by atoms with Crippen molar-refractivity contribution >= 4 is 6.29 Å². The SMILES string of the molecule is N[C@H](C=O)CCCc1ccccc1. The van der Waals surface area contributed by atoms with E-state index < -0.39 is 0 Å². The van der Waals surface area contributed by atoms with E-state index in [1.54, 1.807) is 0 Å². The van der Waals surface area contributed by atoms with Crippen LogP contribution in [0.2, 0.25) is 0 Å². The quantitative estimate of drug-likeness (QED) is 0.693. The van der Waals surface area contributed by atoms with E-state index in [-0.39, 0.29) is 6.04 Å². The highest BCUT2D eigenvalue weighted by molar-refractivity contribution is 5.56. The average Bonchev–Trinajstić information content (AvgIpc) is 2.19. The van der Waals surface area contributed by atoms with Crippen molar-refractivity contribution in [1.82, 2.24) is 0 Å². The molecule has 0 aliphatic carbocycles. The van der Waals surface area contributed by atoms with Crippen LogP contribution in [0.5, 0.6) is 0 Å². The number of aldehydes is 1. The minimum Gasteiger partial charge on any atom is -0.322 e. The molecule has 0 saturated heterocycles.